The summed E-state index contributed by atoms with van der Waals surface area (Å²) in [5.41, 5.74) is 1.06. The Morgan fingerprint density at radius 2 is 1.84 bits per heavy atom. The summed E-state index contributed by atoms with van der Waals surface area (Å²) in [6.45, 7) is 1.74. The van der Waals surface area contributed by atoms with E-state index < -0.39 is 63.0 Å². The Labute approximate surface area is 228 Å². The Bertz CT molecular complexity index is 1310. The first-order valence-corrected chi connectivity index (χ1v) is 13.1. The number of carboxylic acid groups (broad SMARTS) is 1. The van der Waals surface area contributed by atoms with Gasteiger partial charge in [0.15, 0.2) is 21.2 Å². The Morgan fingerprint density at radius 1 is 1.13 bits per heavy atom. The van der Waals surface area contributed by atoms with E-state index in [0.717, 1.165) is 9.80 Å². The molecule has 2 saturated heterocycles. The van der Waals surface area contributed by atoms with Gasteiger partial charge in [0.2, 0.25) is 11.8 Å². The SMILES string of the molecule is CCOc1cc(C2C3=CCC4C(=O)N(CCC(=O)O)C(=O)C4C3CC3(Cl)C(=O)N(C)C(=O)C23Cl)ccc1O. The van der Waals surface area contributed by atoms with Gasteiger partial charge >= 0.3 is 5.97 Å². The lowest BCUT2D eigenvalue weighted by atomic mass is 9.56. The third-order valence-electron chi connectivity index (χ3n) is 8.27. The van der Waals surface area contributed by atoms with Crippen LogP contribution in [0.25, 0.3) is 0 Å². The van der Waals surface area contributed by atoms with Gasteiger partial charge < -0.3 is 14.9 Å². The summed E-state index contributed by atoms with van der Waals surface area (Å²) in [6.07, 6.45) is 1.42. The van der Waals surface area contributed by atoms with Crippen LogP contribution in [-0.4, -0.2) is 79.6 Å². The zero-order chi connectivity index (χ0) is 27.7. The quantitative estimate of drug-likeness (QED) is 0.304. The van der Waals surface area contributed by atoms with Crippen molar-refractivity contribution < 1.29 is 38.9 Å². The van der Waals surface area contributed by atoms with E-state index in [4.69, 9.17) is 33.0 Å². The molecule has 2 aliphatic heterocycles. The molecule has 202 valence electrons. The number of likely N-dealkylation sites (tertiary alicyclic amines) is 2. The Balaban J connectivity index is 1.66. The van der Waals surface area contributed by atoms with Crippen molar-refractivity contribution in [2.24, 2.45) is 17.8 Å². The summed E-state index contributed by atoms with van der Waals surface area (Å²) in [4.78, 5) is 62.7. The van der Waals surface area contributed by atoms with Crippen LogP contribution >= 0.6 is 23.2 Å². The third-order valence-corrected chi connectivity index (χ3v) is 9.69. The molecule has 0 radical (unpaired) electrons. The van der Waals surface area contributed by atoms with Gasteiger partial charge in [0.1, 0.15) is 0 Å². The average molecular weight is 565 g/mol. The van der Waals surface area contributed by atoms with Crippen molar-refractivity contribution in [3.63, 3.8) is 0 Å². The van der Waals surface area contributed by atoms with Crippen LogP contribution in [0.4, 0.5) is 0 Å². The number of phenolic OH excluding ortho intramolecular Hbond substituents is 1. The predicted molar refractivity (Wildman–Crippen MR) is 134 cm³/mol. The van der Waals surface area contributed by atoms with Gasteiger partial charge in [-0.2, -0.15) is 0 Å². The molecule has 10 nitrogen and oxygen atoms in total. The van der Waals surface area contributed by atoms with Gasteiger partial charge in [0, 0.05) is 19.5 Å². The molecule has 6 atom stereocenters. The number of rotatable bonds is 6. The van der Waals surface area contributed by atoms with Gasteiger partial charge in [0.25, 0.3) is 11.8 Å². The fourth-order valence-corrected chi connectivity index (χ4v) is 7.61. The van der Waals surface area contributed by atoms with Crippen LogP contribution in [0.15, 0.2) is 29.8 Å². The summed E-state index contributed by atoms with van der Waals surface area (Å²) in [5, 5.41) is 19.4. The summed E-state index contributed by atoms with van der Waals surface area (Å²) >= 11 is 14.2. The van der Waals surface area contributed by atoms with Crippen molar-refractivity contribution in [3.8, 4) is 11.5 Å². The highest BCUT2D eigenvalue weighted by Crippen LogP contribution is 2.65. The number of ether oxygens (including phenoxy) is 1. The minimum atomic E-state index is -1.94. The number of imide groups is 2. The largest absolute Gasteiger partial charge is 0.504 e. The van der Waals surface area contributed by atoms with Crippen LogP contribution < -0.4 is 4.74 Å². The third kappa shape index (κ3) is 3.42. The van der Waals surface area contributed by atoms with Crippen LogP contribution in [0.2, 0.25) is 0 Å². The minimum absolute atomic E-state index is 0.127. The maximum absolute atomic E-state index is 13.6. The van der Waals surface area contributed by atoms with Crippen LogP contribution in [0.5, 0.6) is 11.5 Å². The van der Waals surface area contributed by atoms with Crippen LogP contribution in [0, 0.1) is 17.8 Å². The fraction of sp³-hybridized carbons (Fsp3) is 0.500. The van der Waals surface area contributed by atoms with E-state index in [2.05, 4.69) is 0 Å². The number of carbonyl (C=O) groups excluding carboxylic acids is 4. The number of halogens is 2. The fourth-order valence-electron chi connectivity index (χ4n) is 6.59. The van der Waals surface area contributed by atoms with Gasteiger partial charge in [-0.3, -0.25) is 33.8 Å². The van der Waals surface area contributed by atoms with E-state index in [1.54, 1.807) is 19.1 Å². The smallest absolute Gasteiger partial charge is 0.305 e. The van der Waals surface area contributed by atoms with Crippen molar-refractivity contribution in [2.75, 3.05) is 20.2 Å². The summed E-state index contributed by atoms with van der Waals surface area (Å²) in [7, 11) is 1.30. The average Bonchev–Trinajstić information content (AvgIpc) is 3.19. The summed E-state index contributed by atoms with van der Waals surface area (Å²) < 4.78 is 5.54. The van der Waals surface area contributed by atoms with Gasteiger partial charge in [0.05, 0.1) is 24.9 Å². The Kier molecular flexibility index (Phi) is 6.26. The molecule has 4 amide bonds. The molecule has 2 aliphatic carbocycles. The van der Waals surface area contributed by atoms with Crippen LogP contribution in [0.1, 0.15) is 37.7 Å². The van der Waals surface area contributed by atoms with Crippen LogP contribution in [0.3, 0.4) is 0 Å². The number of aromatic hydroxyl groups is 1. The number of alkyl halides is 2. The number of carbonyl (C=O) groups is 5. The van der Waals surface area contributed by atoms with Gasteiger partial charge in [-0.05, 0) is 43.4 Å². The van der Waals surface area contributed by atoms with Crippen LogP contribution in [-0.2, 0) is 24.0 Å². The lowest BCUT2D eigenvalue weighted by Gasteiger charge is -2.50. The molecule has 0 aromatic heterocycles. The van der Waals surface area contributed by atoms with E-state index in [-0.39, 0.29) is 43.9 Å². The number of nitrogens with zero attached hydrogens (tertiary/aromatic N) is 2. The Morgan fingerprint density at radius 3 is 2.50 bits per heavy atom. The van der Waals surface area contributed by atoms with Crippen molar-refractivity contribution in [1.82, 2.24) is 9.80 Å². The number of hydrogen-bond donors (Lipinski definition) is 2. The van der Waals surface area contributed by atoms with Gasteiger partial charge in [-0.25, -0.2) is 0 Å². The van der Waals surface area contributed by atoms with E-state index in [1.165, 1.54) is 19.2 Å². The molecule has 5 rings (SSSR count). The van der Waals surface area contributed by atoms with E-state index in [0.29, 0.717) is 11.1 Å². The number of allylic oxidation sites excluding steroid dienone is 2. The molecule has 2 N–H and O–H groups in total. The lowest BCUT2D eigenvalue weighted by molar-refractivity contribution is -0.143. The standard InChI is InChI=1S/C26H26Cl2N2O8/c1-3-38-17-10-12(4-7-16(17)31)20-13-5-6-14-19(22(35)30(21(14)34)9-8-18(32)33)15(13)11-25(27)23(36)29(2)24(37)26(20,25)28/h4-5,7,10,14-15,19-20,31H,3,6,8-9,11H2,1-2H3,(H,32,33). The second kappa shape index (κ2) is 8.98. The number of hydrogen-bond acceptors (Lipinski definition) is 7. The van der Waals surface area contributed by atoms with Crippen molar-refractivity contribution in [3.05, 3.63) is 35.4 Å². The highest BCUT2D eigenvalue weighted by atomic mass is 35.5. The second-order valence-electron chi connectivity index (χ2n) is 10.1. The molecule has 0 bridgehead atoms. The number of amides is 4. The maximum atomic E-state index is 13.6. The first-order chi connectivity index (χ1) is 17.9. The first-order valence-electron chi connectivity index (χ1n) is 12.3. The summed E-state index contributed by atoms with van der Waals surface area (Å²) in [5.74, 6) is -6.79. The van der Waals surface area contributed by atoms with Crippen molar-refractivity contribution in [2.45, 2.75) is 41.9 Å². The predicted octanol–water partition coefficient (Wildman–Crippen LogP) is 2.25. The first kappa shape index (κ1) is 26.5. The van der Waals surface area contributed by atoms with E-state index >= 15 is 0 Å². The zero-order valence-electron chi connectivity index (χ0n) is 20.6. The highest BCUT2D eigenvalue weighted by Gasteiger charge is 2.75. The molecular weight excluding hydrogens is 539 g/mol. The lowest BCUT2D eigenvalue weighted by Crippen LogP contribution is -2.60. The van der Waals surface area contributed by atoms with E-state index in [1.807, 2.05) is 0 Å². The Hall–Kier alpha value is -3.11. The highest BCUT2D eigenvalue weighted by molar-refractivity contribution is 6.53. The molecule has 1 saturated carbocycles. The molecule has 1 aromatic carbocycles. The molecule has 1 aromatic rings. The zero-order valence-corrected chi connectivity index (χ0v) is 22.2. The topological polar surface area (TPSA) is 142 Å². The second-order valence-corrected chi connectivity index (χ2v) is 11.4. The van der Waals surface area contributed by atoms with Gasteiger partial charge in [-0.1, -0.05) is 17.7 Å². The molecule has 0 spiro atoms. The molecule has 4 aliphatic rings. The molecule has 6 unspecified atom stereocenters. The van der Waals surface area contributed by atoms with Crippen molar-refractivity contribution >= 4 is 52.8 Å². The minimum Gasteiger partial charge on any atom is -0.504 e. The number of carboxylic acids is 1. The molecule has 12 heteroatoms. The number of aliphatic carboxylic acids is 1. The molecular formula is C26H26Cl2N2O8. The monoisotopic (exact) mass is 564 g/mol. The molecule has 3 fully saturated rings. The maximum Gasteiger partial charge on any atom is 0.305 e. The number of phenols is 1. The van der Waals surface area contributed by atoms with E-state index in [9.17, 15) is 29.1 Å². The summed E-state index contributed by atoms with van der Waals surface area (Å²) in [6, 6.07) is 4.50. The number of benzene rings is 1. The molecule has 2 heterocycles. The normalized spacial score (nSPS) is 34.2. The molecule has 38 heavy (non-hydrogen) atoms. The van der Waals surface area contributed by atoms with Crippen molar-refractivity contribution in [1.29, 1.82) is 0 Å². The number of fused-ring (bicyclic) bond motifs is 4. The van der Waals surface area contributed by atoms with Gasteiger partial charge in [-0.15, -0.1) is 23.2 Å².